The number of hydrogen-bond donors (Lipinski definition) is 0. The van der Waals surface area contributed by atoms with E-state index < -0.39 is 0 Å². The van der Waals surface area contributed by atoms with Gasteiger partial charge in [-0.25, -0.2) is 0 Å². The third-order valence-corrected chi connectivity index (χ3v) is 14.2. The van der Waals surface area contributed by atoms with Gasteiger partial charge in [0.1, 0.15) is 0 Å². The maximum atomic E-state index is 2.31. The minimum Gasteiger partial charge on any atom is -1.00 e. The van der Waals surface area contributed by atoms with Crippen molar-refractivity contribution in [2.24, 2.45) is 0 Å². The molecule has 0 unspecified atom stereocenters. The van der Waals surface area contributed by atoms with Crippen molar-refractivity contribution in [1.82, 2.24) is 0 Å². The molecule has 0 aliphatic carbocycles. The van der Waals surface area contributed by atoms with E-state index in [2.05, 4.69) is 13.8 Å². The smallest absolute Gasteiger partial charge is 1.00 e. The van der Waals surface area contributed by atoms with Crippen molar-refractivity contribution in [2.45, 2.75) is 253 Å². The average molecular weight is 679 g/mol. The fourth-order valence-corrected chi connectivity index (χ4v) is 10.6. The molecule has 0 saturated heterocycles. The van der Waals surface area contributed by atoms with Crippen molar-refractivity contribution in [3.63, 3.8) is 0 Å². The summed E-state index contributed by atoms with van der Waals surface area (Å²) in [6.07, 6.45) is 53.9. The van der Waals surface area contributed by atoms with Gasteiger partial charge < -0.3 is 1.43 Å². The summed E-state index contributed by atoms with van der Waals surface area (Å²) in [6, 6.07) is 0. The van der Waals surface area contributed by atoms with Crippen molar-refractivity contribution in [3.8, 4) is 0 Å². The van der Waals surface area contributed by atoms with E-state index in [0.717, 1.165) is 0 Å². The van der Waals surface area contributed by atoms with E-state index in [0.29, 0.717) is 0 Å². The van der Waals surface area contributed by atoms with Crippen LogP contribution in [0.25, 0.3) is 0 Å². The number of rotatable bonds is 38. The van der Waals surface area contributed by atoms with Crippen LogP contribution >= 0.6 is 0 Å². The van der Waals surface area contributed by atoms with E-state index >= 15 is 0 Å². The first-order valence-electron chi connectivity index (χ1n) is 20.2. The quantitative estimate of drug-likeness (QED) is 0.0570. The molecule has 0 nitrogen and oxygen atoms in total. The van der Waals surface area contributed by atoms with Gasteiger partial charge in [0, 0.05) is 0 Å². The van der Waals surface area contributed by atoms with Gasteiger partial charge in [0.05, 0.1) is 0 Å². The summed E-state index contributed by atoms with van der Waals surface area (Å²) >= 11 is -0.172. The van der Waals surface area contributed by atoms with Gasteiger partial charge in [-0.05, 0) is 0 Å². The van der Waals surface area contributed by atoms with Crippen LogP contribution in [0.15, 0.2) is 0 Å². The van der Waals surface area contributed by atoms with Crippen LogP contribution in [0, 0.1) is 0 Å². The molecule has 0 bridgehead atoms. The van der Waals surface area contributed by atoms with E-state index in [9.17, 15) is 0 Å². The molecule has 0 rings (SSSR count). The molecule has 0 amide bonds. The first-order chi connectivity index (χ1) is 20.4. The van der Waals surface area contributed by atoms with Gasteiger partial charge in [-0.3, -0.25) is 0 Å². The Kier molecular flexibility index (Phi) is 41.7. The molecule has 0 spiro atoms. The molecule has 0 fully saturated rings. The van der Waals surface area contributed by atoms with Crippen molar-refractivity contribution >= 4 is 22.9 Å². The topological polar surface area (TPSA) is 0 Å². The molecule has 0 aromatic heterocycles. The van der Waals surface area contributed by atoms with Gasteiger partial charge in [0.2, 0.25) is 0 Å². The number of unbranched alkanes of at least 4 members (excludes halogenated alkanes) is 34. The Morgan fingerprint density at radius 2 is 0.366 bits per heavy atom. The van der Waals surface area contributed by atoms with Gasteiger partial charge in [-0.2, -0.15) is 0 Å². The van der Waals surface area contributed by atoms with Crippen LogP contribution in [0.1, 0.15) is 246 Å². The normalized spacial score (nSPS) is 11.4. The summed E-state index contributed by atoms with van der Waals surface area (Å²) in [6.45, 7) is 4.62. The van der Waals surface area contributed by atoms with Crippen LogP contribution in [0.5, 0.6) is 0 Å². The summed E-state index contributed by atoms with van der Waals surface area (Å²) in [5.41, 5.74) is 0. The molecule has 0 aliphatic rings. The van der Waals surface area contributed by atoms with Gasteiger partial charge >= 0.3 is 173 Å². The second-order valence-electron chi connectivity index (χ2n) is 13.9. The molecule has 0 aromatic rings. The zero-order chi connectivity index (χ0) is 29.6. The number of hydrogen-bond acceptors (Lipinski definition) is 0. The second-order valence-corrected chi connectivity index (χ2v) is 18.8. The van der Waals surface area contributed by atoms with Crippen LogP contribution in [-0.2, 0) is 0 Å². The van der Waals surface area contributed by atoms with Crippen LogP contribution in [0.3, 0.4) is 0 Å². The molecule has 41 heavy (non-hydrogen) atoms. The van der Waals surface area contributed by atoms with Crippen molar-refractivity contribution in [3.05, 3.63) is 0 Å². The van der Waals surface area contributed by atoms with Crippen LogP contribution < -0.4 is 0 Å². The Balaban J connectivity index is 0. The monoisotopic (exact) mass is 679 g/mol. The van der Waals surface area contributed by atoms with E-state index in [1.165, 1.54) is 205 Å². The maximum absolute atomic E-state index is 2.31. The molecule has 246 valence electrons. The first kappa shape index (κ1) is 41.9. The fourth-order valence-electron chi connectivity index (χ4n) is 6.52. The molecule has 1 heteroatoms. The van der Waals surface area contributed by atoms with Gasteiger partial charge in [-0.15, -0.1) is 0 Å². The van der Waals surface area contributed by atoms with Crippen molar-refractivity contribution in [2.75, 3.05) is 0 Å². The molecule has 0 aromatic carbocycles. The zero-order valence-corrected chi connectivity index (χ0v) is 32.7. The van der Waals surface area contributed by atoms with Crippen molar-refractivity contribution in [1.29, 1.82) is 0 Å². The SMILES string of the molecule is CCCCCCCCCCCCCCCCCCC[CH2][In+][CH2]CCCCCCCCCCCCCCCCCCC.[H-]. The third-order valence-electron chi connectivity index (χ3n) is 9.52. The van der Waals surface area contributed by atoms with Crippen LogP contribution in [0.2, 0.25) is 8.35 Å². The third kappa shape index (κ3) is 40.9. The molecular weight excluding hydrogens is 595 g/mol. The van der Waals surface area contributed by atoms with Gasteiger partial charge in [-0.1, -0.05) is 104 Å². The molecule has 0 atom stereocenters. The second kappa shape index (κ2) is 40.9. The predicted molar refractivity (Wildman–Crippen MR) is 194 cm³/mol. The standard InChI is InChI=1S/2C20H41.In.H/c2*1-3-5-7-9-11-13-15-17-19-20-18-16-14-12-10-8-6-4-2;;/h2*1,3-20H2,2H3;;/q;;+1;-1. The molecule has 0 heterocycles. The molecular formula is C40H83In. The Morgan fingerprint density at radius 1 is 0.220 bits per heavy atom. The summed E-state index contributed by atoms with van der Waals surface area (Å²) in [4.78, 5) is 0. The van der Waals surface area contributed by atoms with Crippen LogP contribution in [0.4, 0.5) is 0 Å². The molecule has 0 saturated carbocycles. The zero-order valence-electron chi connectivity index (χ0n) is 30.4. The van der Waals surface area contributed by atoms with Gasteiger partial charge in [0.25, 0.3) is 0 Å². The van der Waals surface area contributed by atoms with E-state index in [4.69, 9.17) is 0 Å². The summed E-state index contributed by atoms with van der Waals surface area (Å²) in [7, 11) is 0. The van der Waals surface area contributed by atoms with E-state index in [-0.39, 0.29) is 24.3 Å². The predicted octanol–water partition coefficient (Wildman–Crippen LogP) is 15.7. The van der Waals surface area contributed by atoms with Crippen molar-refractivity contribution < 1.29 is 1.43 Å². The average Bonchev–Trinajstić information content (AvgIpc) is 2.98. The Bertz CT molecular complexity index is 388. The summed E-state index contributed by atoms with van der Waals surface area (Å²) in [5, 5.41) is 0. The van der Waals surface area contributed by atoms with E-state index in [1.807, 2.05) is 0 Å². The summed E-state index contributed by atoms with van der Waals surface area (Å²) in [5.74, 6) is 0. The molecule has 0 radical (unpaired) electrons. The minimum absolute atomic E-state index is 0. The Morgan fingerprint density at radius 3 is 0.537 bits per heavy atom. The fraction of sp³-hybridized carbons (Fsp3) is 1.00. The molecule has 0 aliphatic heterocycles. The minimum atomic E-state index is -0.172. The van der Waals surface area contributed by atoms with E-state index in [1.54, 1.807) is 34.0 Å². The Hall–Kier alpha value is 0.870. The molecule has 0 N–H and O–H groups in total. The first-order valence-corrected chi connectivity index (χ1v) is 24.9. The Labute approximate surface area is 276 Å². The summed E-state index contributed by atoms with van der Waals surface area (Å²) < 4.78 is 3.38. The van der Waals surface area contributed by atoms with Gasteiger partial charge in [0.15, 0.2) is 0 Å². The van der Waals surface area contributed by atoms with Crippen LogP contribution in [-0.4, -0.2) is 22.9 Å².